The van der Waals surface area contributed by atoms with Gasteiger partial charge in [0.1, 0.15) is 0 Å². The molecule has 1 aromatic heterocycles. The lowest BCUT2D eigenvalue weighted by molar-refractivity contribution is 0.188. The standard InChI is InChI=1S/C21H23N3O2/c1-15-13-16-7-3-5-9-19(16)24(15)21(25)22-18-14-23(11-12-26-2)20-10-6-4-8-17(18)20/h3-10,14-15H,11-13H2,1-2H3,(H,22,25). The van der Waals surface area contributed by atoms with Gasteiger partial charge in [0.2, 0.25) is 0 Å². The summed E-state index contributed by atoms with van der Waals surface area (Å²) in [7, 11) is 1.70. The van der Waals surface area contributed by atoms with Crippen LogP contribution in [0.1, 0.15) is 12.5 Å². The molecule has 1 unspecified atom stereocenters. The van der Waals surface area contributed by atoms with Crippen molar-refractivity contribution in [2.24, 2.45) is 0 Å². The highest BCUT2D eigenvalue weighted by molar-refractivity contribution is 6.08. The highest BCUT2D eigenvalue weighted by Gasteiger charge is 2.31. The third-order valence-corrected chi connectivity index (χ3v) is 4.99. The average molecular weight is 349 g/mol. The Kier molecular flexibility index (Phi) is 4.39. The number of rotatable bonds is 4. The van der Waals surface area contributed by atoms with Gasteiger partial charge >= 0.3 is 6.03 Å². The molecule has 0 saturated carbocycles. The van der Waals surface area contributed by atoms with Crippen LogP contribution in [0.5, 0.6) is 0 Å². The number of amides is 2. The lowest BCUT2D eigenvalue weighted by Crippen LogP contribution is -2.39. The first-order chi connectivity index (χ1) is 12.7. The summed E-state index contributed by atoms with van der Waals surface area (Å²) in [6.45, 7) is 3.46. The van der Waals surface area contributed by atoms with Gasteiger partial charge in [-0.3, -0.25) is 4.90 Å². The molecule has 0 saturated heterocycles. The van der Waals surface area contributed by atoms with Gasteiger partial charge in [0.05, 0.1) is 17.8 Å². The number of aromatic nitrogens is 1. The highest BCUT2D eigenvalue weighted by Crippen LogP contribution is 2.33. The summed E-state index contributed by atoms with van der Waals surface area (Å²) in [4.78, 5) is 14.9. The number of hydrogen-bond donors (Lipinski definition) is 1. The fourth-order valence-electron chi connectivity index (χ4n) is 3.77. The number of methoxy groups -OCH3 is 1. The minimum absolute atomic E-state index is 0.0860. The number of ether oxygens (including phenoxy) is 1. The van der Waals surface area contributed by atoms with Crippen LogP contribution in [0.15, 0.2) is 54.7 Å². The molecule has 134 valence electrons. The maximum atomic E-state index is 13.0. The Bertz CT molecular complexity index is 947. The van der Waals surface area contributed by atoms with Gasteiger partial charge < -0.3 is 14.6 Å². The van der Waals surface area contributed by atoms with Gasteiger partial charge in [-0.05, 0) is 31.0 Å². The van der Waals surface area contributed by atoms with Crippen molar-refractivity contribution in [3.05, 3.63) is 60.3 Å². The number of nitrogens with zero attached hydrogens (tertiary/aromatic N) is 2. The Morgan fingerprint density at radius 3 is 2.81 bits per heavy atom. The molecule has 1 atom stereocenters. The monoisotopic (exact) mass is 349 g/mol. The molecule has 2 amide bonds. The Labute approximate surface area is 153 Å². The Morgan fingerprint density at radius 2 is 1.96 bits per heavy atom. The second-order valence-electron chi connectivity index (χ2n) is 6.73. The fourth-order valence-corrected chi connectivity index (χ4v) is 3.77. The number of hydrogen-bond acceptors (Lipinski definition) is 2. The number of carbonyl (C=O) groups excluding carboxylic acids is 1. The summed E-state index contributed by atoms with van der Waals surface area (Å²) in [5.74, 6) is 0. The van der Waals surface area contributed by atoms with Crippen LogP contribution in [-0.4, -0.2) is 30.4 Å². The molecule has 0 fully saturated rings. The van der Waals surface area contributed by atoms with Gasteiger partial charge in [0.25, 0.3) is 0 Å². The number of benzene rings is 2. The minimum atomic E-state index is -0.0860. The molecule has 0 radical (unpaired) electrons. The van der Waals surface area contributed by atoms with Crippen molar-refractivity contribution in [2.75, 3.05) is 23.9 Å². The Hall–Kier alpha value is -2.79. The minimum Gasteiger partial charge on any atom is -0.383 e. The molecule has 5 nitrogen and oxygen atoms in total. The van der Waals surface area contributed by atoms with Gasteiger partial charge in [-0.2, -0.15) is 0 Å². The fraction of sp³-hybridized carbons (Fsp3) is 0.286. The van der Waals surface area contributed by atoms with E-state index in [1.54, 1.807) is 7.11 Å². The van der Waals surface area contributed by atoms with Crippen LogP contribution in [0.3, 0.4) is 0 Å². The lowest BCUT2D eigenvalue weighted by atomic mass is 10.1. The number of para-hydroxylation sites is 2. The van der Waals surface area contributed by atoms with Crippen LogP contribution in [0.4, 0.5) is 16.2 Å². The molecular formula is C21H23N3O2. The number of fused-ring (bicyclic) bond motifs is 2. The molecule has 3 aromatic rings. The summed E-state index contributed by atoms with van der Waals surface area (Å²) in [6.07, 6.45) is 2.88. The molecule has 5 heteroatoms. The van der Waals surface area contributed by atoms with Crippen LogP contribution < -0.4 is 10.2 Å². The van der Waals surface area contributed by atoms with E-state index in [0.29, 0.717) is 6.61 Å². The number of carbonyl (C=O) groups is 1. The maximum Gasteiger partial charge on any atom is 0.326 e. The van der Waals surface area contributed by atoms with Crippen LogP contribution in [-0.2, 0) is 17.7 Å². The molecule has 4 rings (SSSR count). The van der Waals surface area contributed by atoms with E-state index in [-0.39, 0.29) is 12.1 Å². The van der Waals surface area contributed by atoms with Gasteiger partial charge in [-0.15, -0.1) is 0 Å². The van der Waals surface area contributed by atoms with Gasteiger partial charge in [0.15, 0.2) is 0 Å². The molecule has 2 heterocycles. The highest BCUT2D eigenvalue weighted by atomic mass is 16.5. The molecule has 0 bridgehead atoms. The summed E-state index contributed by atoms with van der Waals surface area (Å²) < 4.78 is 7.32. The molecule has 0 aliphatic carbocycles. The van der Waals surface area contributed by atoms with Crippen LogP contribution in [0.2, 0.25) is 0 Å². The van der Waals surface area contributed by atoms with E-state index in [4.69, 9.17) is 4.74 Å². The first-order valence-electron chi connectivity index (χ1n) is 8.94. The second-order valence-corrected chi connectivity index (χ2v) is 6.73. The summed E-state index contributed by atoms with van der Waals surface area (Å²) in [6, 6.07) is 16.3. The summed E-state index contributed by atoms with van der Waals surface area (Å²) in [5.41, 5.74) is 4.14. The predicted molar refractivity (Wildman–Crippen MR) is 105 cm³/mol. The van der Waals surface area contributed by atoms with Crippen LogP contribution in [0.25, 0.3) is 10.9 Å². The van der Waals surface area contributed by atoms with Crippen molar-refractivity contribution >= 4 is 28.3 Å². The Balaban J connectivity index is 1.64. The van der Waals surface area contributed by atoms with Gasteiger partial charge in [0, 0.05) is 37.0 Å². The van der Waals surface area contributed by atoms with Crippen molar-refractivity contribution in [3.63, 3.8) is 0 Å². The number of urea groups is 1. The molecule has 2 aromatic carbocycles. The smallest absolute Gasteiger partial charge is 0.326 e. The molecule has 26 heavy (non-hydrogen) atoms. The lowest BCUT2D eigenvalue weighted by Gasteiger charge is -2.22. The number of nitrogens with one attached hydrogen (secondary N) is 1. The van der Waals surface area contributed by atoms with E-state index in [2.05, 4.69) is 28.9 Å². The van der Waals surface area contributed by atoms with E-state index in [0.717, 1.165) is 35.2 Å². The molecule has 0 spiro atoms. The maximum absolute atomic E-state index is 13.0. The summed E-state index contributed by atoms with van der Waals surface area (Å²) in [5, 5.41) is 4.16. The van der Waals surface area contributed by atoms with E-state index >= 15 is 0 Å². The van der Waals surface area contributed by atoms with Crippen molar-refractivity contribution < 1.29 is 9.53 Å². The first-order valence-corrected chi connectivity index (χ1v) is 8.94. The van der Waals surface area contributed by atoms with E-state index in [1.165, 1.54) is 5.56 Å². The third-order valence-electron chi connectivity index (χ3n) is 4.99. The third kappa shape index (κ3) is 2.84. The summed E-state index contributed by atoms with van der Waals surface area (Å²) >= 11 is 0. The van der Waals surface area contributed by atoms with Crippen LogP contribution >= 0.6 is 0 Å². The van der Waals surface area contributed by atoms with E-state index in [1.807, 2.05) is 47.5 Å². The van der Waals surface area contributed by atoms with E-state index in [9.17, 15) is 4.79 Å². The van der Waals surface area contributed by atoms with Crippen molar-refractivity contribution in [2.45, 2.75) is 25.9 Å². The average Bonchev–Trinajstić information content (AvgIpc) is 3.17. The van der Waals surface area contributed by atoms with Crippen molar-refractivity contribution in [1.29, 1.82) is 0 Å². The Morgan fingerprint density at radius 1 is 1.19 bits per heavy atom. The van der Waals surface area contributed by atoms with Crippen molar-refractivity contribution in [3.8, 4) is 0 Å². The molecule has 1 aliphatic heterocycles. The first kappa shape index (κ1) is 16.7. The molecular weight excluding hydrogens is 326 g/mol. The van der Waals surface area contributed by atoms with E-state index < -0.39 is 0 Å². The number of anilines is 2. The molecule has 1 N–H and O–H groups in total. The van der Waals surface area contributed by atoms with Crippen LogP contribution in [0, 0.1) is 0 Å². The zero-order chi connectivity index (χ0) is 18.1. The zero-order valence-electron chi connectivity index (χ0n) is 15.1. The normalized spacial score (nSPS) is 16.1. The SMILES string of the molecule is COCCn1cc(NC(=O)N2c3ccccc3CC2C)c2ccccc21. The molecule has 1 aliphatic rings. The van der Waals surface area contributed by atoms with Crippen molar-refractivity contribution in [1.82, 2.24) is 4.57 Å². The topological polar surface area (TPSA) is 46.5 Å². The quantitative estimate of drug-likeness (QED) is 0.764. The predicted octanol–water partition coefficient (Wildman–Crippen LogP) is 4.27. The zero-order valence-corrected chi connectivity index (χ0v) is 15.1. The largest absolute Gasteiger partial charge is 0.383 e. The van der Waals surface area contributed by atoms with Gasteiger partial charge in [-0.1, -0.05) is 36.4 Å². The second kappa shape index (κ2) is 6.84. The van der Waals surface area contributed by atoms with Gasteiger partial charge in [-0.25, -0.2) is 4.79 Å².